The lowest BCUT2D eigenvalue weighted by atomic mass is 10.3. The van der Waals surface area contributed by atoms with Gasteiger partial charge in [-0.15, -0.1) is 0 Å². The van der Waals surface area contributed by atoms with E-state index in [2.05, 4.69) is 10.00 Å². The Bertz CT molecular complexity index is 906. The highest BCUT2D eigenvalue weighted by atomic mass is 19.1. The van der Waals surface area contributed by atoms with Crippen LogP contribution in [0, 0.1) is 5.82 Å². The molecule has 0 aliphatic carbocycles. The molecule has 140 valence electrons. The summed E-state index contributed by atoms with van der Waals surface area (Å²) in [6, 6.07) is 8.08. The van der Waals surface area contributed by atoms with Crippen LogP contribution < -0.4 is 0 Å². The molecule has 6 nitrogen and oxygen atoms in total. The molecule has 1 amide bonds. The van der Waals surface area contributed by atoms with Gasteiger partial charge in [-0.25, -0.2) is 9.07 Å². The predicted molar refractivity (Wildman–Crippen MR) is 98.0 cm³/mol. The average molecular weight is 368 g/mol. The highest BCUT2D eigenvalue weighted by Gasteiger charge is 2.21. The van der Waals surface area contributed by atoms with Gasteiger partial charge in [0.15, 0.2) is 0 Å². The van der Waals surface area contributed by atoms with Crippen LogP contribution in [0.25, 0.3) is 5.69 Å². The van der Waals surface area contributed by atoms with Gasteiger partial charge in [0.1, 0.15) is 12.1 Å². The van der Waals surface area contributed by atoms with Crippen molar-refractivity contribution < 1.29 is 13.6 Å². The first-order valence-electron chi connectivity index (χ1n) is 9.02. The number of nitrogens with zero attached hydrogens (tertiary/aromatic N) is 4. The van der Waals surface area contributed by atoms with E-state index >= 15 is 0 Å². The maximum Gasteiger partial charge on any atom is 0.257 e. The second kappa shape index (κ2) is 7.75. The molecule has 0 saturated carbocycles. The van der Waals surface area contributed by atoms with Crippen LogP contribution in [-0.4, -0.2) is 51.7 Å². The van der Waals surface area contributed by atoms with Gasteiger partial charge < -0.3 is 9.32 Å². The minimum Gasteiger partial charge on any atom is -0.472 e. The summed E-state index contributed by atoms with van der Waals surface area (Å²) in [5.74, 6) is -0.260. The zero-order valence-electron chi connectivity index (χ0n) is 14.9. The maximum atomic E-state index is 13.4. The number of benzene rings is 1. The zero-order chi connectivity index (χ0) is 18.6. The molecule has 0 radical (unpaired) electrons. The highest BCUT2D eigenvalue weighted by Crippen LogP contribution is 2.14. The molecule has 3 aromatic rings. The molecule has 1 fully saturated rings. The first kappa shape index (κ1) is 17.5. The van der Waals surface area contributed by atoms with Crippen LogP contribution in [0.2, 0.25) is 0 Å². The molecule has 0 spiro atoms. The van der Waals surface area contributed by atoms with Crippen LogP contribution in [0.15, 0.2) is 59.7 Å². The standard InChI is InChI=1S/C20H21FN4O2/c21-18-3-1-4-19(11-18)25-14-16(12-22-25)13-23-6-2-7-24(9-8-23)20(26)17-5-10-27-15-17/h1,3-5,10-12,14-15H,2,6-9,13H2. The van der Waals surface area contributed by atoms with E-state index in [4.69, 9.17) is 4.42 Å². The minimum atomic E-state index is -0.278. The third-order valence-corrected chi connectivity index (χ3v) is 4.76. The van der Waals surface area contributed by atoms with Crippen molar-refractivity contribution in [2.24, 2.45) is 0 Å². The smallest absolute Gasteiger partial charge is 0.257 e. The fraction of sp³-hybridized carbons (Fsp3) is 0.300. The fourth-order valence-corrected chi connectivity index (χ4v) is 3.36. The third kappa shape index (κ3) is 4.09. The summed E-state index contributed by atoms with van der Waals surface area (Å²) in [7, 11) is 0. The largest absolute Gasteiger partial charge is 0.472 e. The molecule has 3 heterocycles. The molecular weight excluding hydrogens is 347 g/mol. The van der Waals surface area contributed by atoms with E-state index in [1.165, 1.54) is 24.7 Å². The van der Waals surface area contributed by atoms with Crippen molar-refractivity contribution >= 4 is 5.91 Å². The number of rotatable bonds is 4. The molecule has 0 unspecified atom stereocenters. The number of carbonyl (C=O) groups is 1. The number of halogens is 1. The second-order valence-electron chi connectivity index (χ2n) is 6.71. The van der Waals surface area contributed by atoms with Gasteiger partial charge in [0.05, 0.1) is 23.7 Å². The first-order valence-corrected chi connectivity index (χ1v) is 9.02. The minimum absolute atomic E-state index is 0.0181. The SMILES string of the molecule is O=C(c1ccoc1)N1CCCN(Cc2cnn(-c3cccc(F)c3)c2)CC1. The number of hydrogen-bond acceptors (Lipinski definition) is 4. The molecule has 4 rings (SSSR count). The summed E-state index contributed by atoms with van der Waals surface area (Å²) in [5.41, 5.74) is 2.36. The molecule has 0 bridgehead atoms. The zero-order valence-corrected chi connectivity index (χ0v) is 14.9. The van der Waals surface area contributed by atoms with Crippen molar-refractivity contribution in [2.75, 3.05) is 26.2 Å². The average Bonchev–Trinajstić information content (AvgIpc) is 3.31. The van der Waals surface area contributed by atoms with Crippen molar-refractivity contribution in [2.45, 2.75) is 13.0 Å². The number of furan rings is 1. The van der Waals surface area contributed by atoms with Gasteiger partial charge >= 0.3 is 0 Å². The van der Waals surface area contributed by atoms with Crippen LogP contribution in [-0.2, 0) is 6.54 Å². The summed E-state index contributed by atoms with van der Waals surface area (Å²) in [6.45, 7) is 3.89. The Morgan fingerprint density at radius 2 is 2.11 bits per heavy atom. The van der Waals surface area contributed by atoms with Crippen LogP contribution in [0.1, 0.15) is 22.3 Å². The van der Waals surface area contributed by atoms with Crippen molar-refractivity contribution in [1.82, 2.24) is 19.6 Å². The van der Waals surface area contributed by atoms with Gasteiger partial charge in [0, 0.05) is 44.5 Å². The first-order chi connectivity index (χ1) is 13.2. The van der Waals surface area contributed by atoms with Gasteiger partial charge in [-0.05, 0) is 30.7 Å². The maximum absolute atomic E-state index is 13.4. The third-order valence-electron chi connectivity index (χ3n) is 4.76. The van der Waals surface area contributed by atoms with Gasteiger partial charge in [0.2, 0.25) is 0 Å². The second-order valence-corrected chi connectivity index (χ2v) is 6.71. The molecule has 27 heavy (non-hydrogen) atoms. The van der Waals surface area contributed by atoms with Crippen LogP contribution in [0.3, 0.4) is 0 Å². The molecule has 0 atom stereocenters. The number of hydrogen-bond donors (Lipinski definition) is 0. The van der Waals surface area contributed by atoms with E-state index in [1.54, 1.807) is 16.8 Å². The Morgan fingerprint density at radius 3 is 2.93 bits per heavy atom. The Morgan fingerprint density at radius 1 is 1.19 bits per heavy atom. The van der Waals surface area contributed by atoms with Crippen LogP contribution in [0.4, 0.5) is 4.39 Å². The number of amides is 1. The van der Waals surface area contributed by atoms with E-state index in [0.29, 0.717) is 17.8 Å². The Hall–Kier alpha value is -2.93. The predicted octanol–water partition coefficient (Wildman–Crippen LogP) is 2.95. The lowest BCUT2D eigenvalue weighted by Gasteiger charge is -2.21. The van der Waals surface area contributed by atoms with E-state index in [0.717, 1.165) is 38.2 Å². The van der Waals surface area contributed by atoms with E-state index in [9.17, 15) is 9.18 Å². The lowest BCUT2D eigenvalue weighted by molar-refractivity contribution is 0.0760. The number of aromatic nitrogens is 2. The lowest BCUT2D eigenvalue weighted by Crippen LogP contribution is -2.34. The van der Waals surface area contributed by atoms with E-state index < -0.39 is 0 Å². The van der Waals surface area contributed by atoms with Crippen LogP contribution in [0.5, 0.6) is 0 Å². The Balaban J connectivity index is 1.37. The van der Waals surface area contributed by atoms with E-state index in [-0.39, 0.29) is 11.7 Å². The van der Waals surface area contributed by atoms with Gasteiger partial charge in [-0.1, -0.05) is 6.07 Å². The van der Waals surface area contributed by atoms with Gasteiger partial charge in [-0.3, -0.25) is 9.69 Å². The van der Waals surface area contributed by atoms with Crippen LogP contribution >= 0.6 is 0 Å². The number of carbonyl (C=O) groups excluding carboxylic acids is 1. The summed E-state index contributed by atoms with van der Waals surface area (Å²) >= 11 is 0. The summed E-state index contributed by atoms with van der Waals surface area (Å²) in [6.07, 6.45) is 7.67. The fourth-order valence-electron chi connectivity index (χ4n) is 3.36. The molecule has 7 heteroatoms. The van der Waals surface area contributed by atoms with Crippen molar-refractivity contribution in [1.29, 1.82) is 0 Å². The monoisotopic (exact) mass is 368 g/mol. The van der Waals surface area contributed by atoms with Gasteiger partial charge in [-0.2, -0.15) is 5.10 Å². The highest BCUT2D eigenvalue weighted by molar-refractivity contribution is 5.93. The van der Waals surface area contributed by atoms with Crippen molar-refractivity contribution in [3.63, 3.8) is 0 Å². The molecule has 0 N–H and O–H groups in total. The topological polar surface area (TPSA) is 54.5 Å². The molecular formula is C20H21FN4O2. The normalized spacial score (nSPS) is 15.7. The quantitative estimate of drug-likeness (QED) is 0.711. The Labute approximate surface area is 156 Å². The molecule has 1 aliphatic rings. The molecule has 1 aliphatic heterocycles. The molecule has 2 aromatic heterocycles. The Kier molecular flexibility index (Phi) is 5.02. The van der Waals surface area contributed by atoms with Crippen molar-refractivity contribution in [3.8, 4) is 5.69 Å². The van der Waals surface area contributed by atoms with Gasteiger partial charge in [0.25, 0.3) is 5.91 Å². The van der Waals surface area contributed by atoms with Crippen molar-refractivity contribution in [3.05, 3.63) is 72.2 Å². The summed E-state index contributed by atoms with van der Waals surface area (Å²) in [4.78, 5) is 16.7. The summed E-state index contributed by atoms with van der Waals surface area (Å²) in [5, 5.41) is 4.34. The van der Waals surface area contributed by atoms with E-state index in [1.807, 2.05) is 23.4 Å². The summed E-state index contributed by atoms with van der Waals surface area (Å²) < 4.78 is 20.1. The molecule has 1 saturated heterocycles. The molecule has 1 aromatic carbocycles.